The molecule has 0 spiro atoms. The van der Waals surface area contributed by atoms with Crippen LogP contribution in [0.25, 0.3) is 32.3 Å². The monoisotopic (exact) mass is 378 g/mol. The van der Waals surface area contributed by atoms with Gasteiger partial charge in [0.1, 0.15) is 17.2 Å². The first kappa shape index (κ1) is 17.7. The fourth-order valence-electron chi connectivity index (χ4n) is 3.80. The molecule has 4 aromatic rings. The van der Waals surface area contributed by atoms with E-state index in [1.54, 1.807) is 13.8 Å². The highest BCUT2D eigenvalue weighted by Gasteiger charge is 2.25. The molecule has 0 aliphatic carbocycles. The Morgan fingerprint density at radius 3 is 2.00 bits per heavy atom. The summed E-state index contributed by atoms with van der Waals surface area (Å²) >= 11 is 0. The van der Waals surface area contributed by atoms with Crippen molar-refractivity contribution in [1.29, 1.82) is 0 Å². The molecule has 0 saturated carbocycles. The van der Waals surface area contributed by atoms with Crippen LogP contribution in [0, 0.1) is 0 Å². The molecule has 0 radical (unpaired) electrons. The lowest BCUT2D eigenvalue weighted by Gasteiger charge is -2.12. The Morgan fingerprint density at radius 2 is 1.36 bits per heavy atom. The minimum Gasteiger partial charge on any atom is -0.507 e. The smallest absolute Gasteiger partial charge is 0.234 e. The molecule has 0 unspecified atom stereocenters. The van der Waals surface area contributed by atoms with Gasteiger partial charge < -0.3 is 15.3 Å². The van der Waals surface area contributed by atoms with Crippen LogP contribution in [0.1, 0.15) is 25.3 Å². The standard InChI is InChI=1S/C21H14O7/c1-7(2)12-18(25)9-6-11(23)15-16(14(9)21(28)20(12)27)17(24)8-4-3-5-10(22)13(8)19(15)26/h3-7,22-23,25H,1-2H3. The number of benzene rings is 4. The summed E-state index contributed by atoms with van der Waals surface area (Å²) in [6.07, 6.45) is 0. The van der Waals surface area contributed by atoms with Gasteiger partial charge in [-0.15, -0.1) is 0 Å². The van der Waals surface area contributed by atoms with Crippen LogP contribution in [-0.2, 0) is 0 Å². The van der Waals surface area contributed by atoms with Gasteiger partial charge >= 0.3 is 0 Å². The van der Waals surface area contributed by atoms with Gasteiger partial charge in [0.05, 0.1) is 10.8 Å². The Hall–Kier alpha value is -3.74. The largest absolute Gasteiger partial charge is 0.507 e. The molecule has 28 heavy (non-hydrogen) atoms. The van der Waals surface area contributed by atoms with E-state index in [9.17, 15) is 34.5 Å². The van der Waals surface area contributed by atoms with Gasteiger partial charge in [-0.1, -0.05) is 26.0 Å². The van der Waals surface area contributed by atoms with Crippen LogP contribution in [0.4, 0.5) is 0 Å². The van der Waals surface area contributed by atoms with Crippen LogP contribution in [-0.4, -0.2) is 15.3 Å². The average Bonchev–Trinajstić information content (AvgIpc) is 2.63. The van der Waals surface area contributed by atoms with Crippen LogP contribution in [0.3, 0.4) is 0 Å². The predicted octanol–water partition coefficient (Wildman–Crippen LogP) is 1.70. The molecule has 0 fully saturated rings. The van der Waals surface area contributed by atoms with E-state index in [0.717, 1.165) is 6.07 Å². The topological polar surface area (TPSA) is 129 Å². The van der Waals surface area contributed by atoms with Gasteiger partial charge in [-0.05, 0) is 18.1 Å². The van der Waals surface area contributed by atoms with Crippen molar-refractivity contribution >= 4 is 32.3 Å². The number of phenolic OH excluding ortho intramolecular Hbond substituents is 3. The maximum Gasteiger partial charge on any atom is 0.234 e. The highest BCUT2D eigenvalue weighted by Crippen LogP contribution is 2.36. The van der Waals surface area contributed by atoms with E-state index in [2.05, 4.69) is 0 Å². The Bertz CT molecular complexity index is 1540. The van der Waals surface area contributed by atoms with Gasteiger partial charge in [0, 0.05) is 27.1 Å². The molecule has 0 amide bonds. The minimum absolute atomic E-state index is 0.121. The van der Waals surface area contributed by atoms with Crippen LogP contribution in [0.15, 0.2) is 43.4 Å². The Morgan fingerprint density at radius 1 is 0.679 bits per heavy atom. The third-order valence-electron chi connectivity index (χ3n) is 5.04. The zero-order chi connectivity index (χ0) is 20.5. The Kier molecular flexibility index (Phi) is 3.55. The summed E-state index contributed by atoms with van der Waals surface area (Å²) in [6.45, 7) is 3.24. The van der Waals surface area contributed by atoms with Crippen LogP contribution >= 0.6 is 0 Å². The SMILES string of the molecule is CC(C)c1c(O)c2cc(O)c3c(=O)c4c(O)cccc4c(=O)c3c2c(=O)c1=O. The third-order valence-corrected chi connectivity index (χ3v) is 5.04. The quantitative estimate of drug-likeness (QED) is 0.261. The normalized spacial score (nSPS) is 11.8. The molecule has 3 N–H and O–H groups in total. The van der Waals surface area contributed by atoms with Gasteiger partial charge in [-0.3, -0.25) is 19.2 Å². The molecule has 4 aromatic carbocycles. The first-order valence-electron chi connectivity index (χ1n) is 8.50. The summed E-state index contributed by atoms with van der Waals surface area (Å²) in [7, 11) is 0. The maximum absolute atomic E-state index is 13.1. The van der Waals surface area contributed by atoms with Crippen molar-refractivity contribution < 1.29 is 15.3 Å². The highest BCUT2D eigenvalue weighted by molar-refractivity contribution is 6.16. The summed E-state index contributed by atoms with van der Waals surface area (Å²) in [5.41, 5.74) is -3.76. The molecule has 0 saturated heterocycles. The molecule has 7 nitrogen and oxygen atoms in total. The number of hydrogen-bond acceptors (Lipinski definition) is 7. The summed E-state index contributed by atoms with van der Waals surface area (Å²) < 4.78 is 0. The molecule has 0 heterocycles. The van der Waals surface area contributed by atoms with Gasteiger partial charge in [0.15, 0.2) is 5.43 Å². The summed E-state index contributed by atoms with van der Waals surface area (Å²) in [4.78, 5) is 51.3. The molecule has 0 atom stereocenters. The molecular formula is C21H14O7. The molecule has 0 bridgehead atoms. The van der Waals surface area contributed by atoms with Crippen LogP contribution in [0.2, 0.25) is 0 Å². The van der Waals surface area contributed by atoms with Crippen molar-refractivity contribution in [1.82, 2.24) is 0 Å². The lowest BCUT2D eigenvalue weighted by molar-refractivity contribution is 0.467. The van der Waals surface area contributed by atoms with Gasteiger partial charge in [-0.2, -0.15) is 0 Å². The fourth-order valence-corrected chi connectivity index (χ4v) is 3.80. The van der Waals surface area contributed by atoms with Crippen molar-refractivity contribution in [3.05, 3.63) is 70.7 Å². The predicted molar refractivity (Wildman–Crippen MR) is 105 cm³/mol. The molecule has 0 aromatic heterocycles. The number of rotatable bonds is 1. The van der Waals surface area contributed by atoms with Crippen LogP contribution in [0.5, 0.6) is 17.2 Å². The Labute approximate surface area is 156 Å². The zero-order valence-corrected chi connectivity index (χ0v) is 14.9. The molecule has 0 aliphatic heterocycles. The van der Waals surface area contributed by atoms with Gasteiger partial charge in [-0.25, -0.2) is 0 Å². The van der Waals surface area contributed by atoms with E-state index < -0.39 is 61.0 Å². The first-order chi connectivity index (χ1) is 13.2. The lowest BCUT2D eigenvalue weighted by atomic mass is 9.91. The lowest BCUT2D eigenvalue weighted by Crippen LogP contribution is -2.29. The number of phenols is 3. The van der Waals surface area contributed by atoms with Crippen molar-refractivity contribution in [2.45, 2.75) is 19.8 Å². The average molecular weight is 378 g/mol. The van der Waals surface area contributed by atoms with E-state index in [-0.39, 0.29) is 21.7 Å². The molecule has 7 heteroatoms. The number of fused-ring (bicyclic) bond motifs is 4. The summed E-state index contributed by atoms with van der Waals surface area (Å²) in [5, 5.41) is 29.1. The van der Waals surface area contributed by atoms with Crippen molar-refractivity contribution in [3.63, 3.8) is 0 Å². The summed E-state index contributed by atoms with van der Waals surface area (Å²) in [5.74, 6) is -2.05. The van der Waals surface area contributed by atoms with E-state index in [1.807, 2.05) is 0 Å². The molecule has 140 valence electrons. The number of aromatic hydroxyl groups is 3. The minimum atomic E-state index is -1.03. The molecule has 0 aliphatic rings. The second-order valence-corrected chi connectivity index (χ2v) is 7.00. The van der Waals surface area contributed by atoms with Crippen molar-refractivity contribution in [2.75, 3.05) is 0 Å². The first-order valence-corrected chi connectivity index (χ1v) is 8.50. The summed E-state index contributed by atoms with van der Waals surface area (Å²) in [6, 6.07) is 4.88. The van der Waals surface area contributed by atoms with E-state index in [4.69, 9.17) is 0 Å². The zero-order valence-electron chi connectivity index (χ0n) is 14.9. The fraction of sp³-hybridized carbons (Fsp3) is 0.143. The maximum atomic E-state index is 13.1. The van der Waals surface area contributed by atoms with Crippen molar-refractivity contribution in [3.8, 4) is 17.2 Å². The van der Waals surface area contributed by atoms with Gasteiger partial charge in [0.25, 0.3) is 0 Å². The second kappa shape index (κ2) is 5.63. The molecular weight excluding hydrogens is 364 g/mol. The highest BCUT2D eigenvalue weighted by atomic mass is 16.3. The van der Waals surface area contributed by atoms with E-state index in [1.165, 1.54) is 18.2 Å². The second-order valence-electron chi connectivity index (χ2n) is 7.00. The van der Waals surface area contributed by atoms with Crippen molar-refractivity contribution in [2.24, 2.45) is 0 Å². The van der Waals surface area contributed by atoms with E-state index in [0.29, 0.717) is 0 Å². The Balaban J connectivity index is 2.49. The molecule has 4 rings (SSSR count). The van der Waals surface area contributed by atoms with Crippen LogP contribution < -0.4 is 21.7 Å². The van der Waals surface area contributed by atoms with E-state index >= 15 is 0 Å². The third kappa shape index (κ3) is 2.04. The number of hydrogen-bond donors (Lipinski definition) is 3. The van der Waals surface area contributed by atoms with Gasteiger partial charge in [0.2, 0.25) is 16.3 Å².